The molecule has 0 spiro atoms. The number of hydrogen-bond donors (Lipinski definition) is 0. The van der Waals surface area contributed by atoms with Gasteiger partial charge >= 0.3 is 0 Å². The maximum absolute atomic E-state index is 13.9. The molecule has 8 nitrogen and oxygen atoms in total. The lowest BCUT2D eigenvalue weighted by atomic mass is 10.1. The molecular formula is C25H24N4O4. The van der Waals surface area contributed by atoms with Gasteiger partial charge in [-0.05, 0) is 37.1 Å². The van der Waals surface area contributed by atoms with Crippen LogP contribution in [-0.4, -0.2) is 19.0 Å². The first-order chi connectivity index (χ1) is 16.0. The predicted molar refractivity (Wildman–Crippen MR) is 128 cm³/mol. The first-order valence-electron chi connectivity index (χ1n) is 11.3. The highest BCUT2D eigenvalue weighted by Gasteiger charge is 2.25. The van der Waals surface area contributed by atoms with E-state index in [-0.39, 0.29) is 28.1 Å². The van der Waals surface area contributed by atoms with Crippen molar-refractivity contribution in [3.8, 4) is 11.4 Å². The molecule has 0 N–H and O–H groups in total. The second-order valence-electron chi connectivity index (χ2n) is 8.66. The summed E-state index contributed by atoms with van der Waals surface area (Å²) < 4.78 is 3.45. The van der Waals surface area contributed by atoms with Crippen LogP contribution in [0.1, 0.15) is 44.6 Å². The molecule has 33 heavy (non-hydrogen) atoms. The minimum absolute atomic E-state index is 0.0266. The SMILES string of the molecule is Cn1c2ccccc2c(=O)c2c(=O)n(C3CCCCCC3)c(-c3ccc([N+](=O)[O-])cc3)nc21. The number of aromatic nitrogens is 3. The van der Waals surface area contributed by atoms with Gasteiger partial charge in [0.2, 0.25) is 5.43 Å². The van der Waals surface area contributed by atoms with E-state index in [2.05, 4.69) is 0 Å². The zero-order valence-electron chi connectivity index (χ0n) is 18.4. The molecule has 0 atom stereocenters. The number of para-hydroxylation sites is 1. The number of nitro groups is 1. The number of rotatable bonds is 3. The van der Waals surface area contributed by atoms with Gasteiger partial charge in [-0.1, -0.05) is 37.8 Å². The molecule has 0 bridgehead atoms. The van der Waals surface area contributed by atoms with E-state index in [0.29, 0.717) is 27.9 Å². The average Bonchev–Trinajstić information content (AvgIpc) is 3.11. The van der Waals surface area contributed by atoms with E-state index in [1.165, 1.54) is 12.1 Å². The molecule has 0 radical (unpaired) electrons. The fraction of sp³-hybridized carbons (Fsp3) is 0.320. The van der Waals surface area contributed by atoms with E-state index in [1.807, 2.05) is 12.1 Å². The van der Waals surface area contributed by atoms with Crippen molar-refractivity contribution in [2.75, 3.05) is 0 Å². The second kappa shape index (κ2) is 8.27. The van der Waals surface area contributed by atoms with E-state index in [9.17, 15) is 19.7 Å². The maximum Gasteiger partial charge on any atom is 0.269 e. The molecule has 1 aliphatic rings. The van der Waals surface area contributed by atoms with Crippen LogP contribution in [0, 0.1) is 10.1 Å². The third kappa shape index (κ3) is 3.51. The number of fused-ring (bicyclic) bond motifs is 2. The first-order valence-corrected chi connectivity index (χ1v) is 11.3. The van der Waals surface area contributed by atoms with E-state index < -0.39 is 4.92 Å². The number of benzene rings is 2. The number of non-ortho nitro benzene ring substituents is 1. The molecule has 0 unspecified atom stereocenters. The summed E-state index contributed by atoms with van der Waals surface area (Å²) in [6, 6.07) is 13.2. The standard InChI is InChI=1S/C25H24N4O4/c1-27-20-11-7-6-10-19(20)22(30)21-24(27)26-23(16-12-14-18(15-13-16)29(32)33)28(25(21)31)17-8-4-2-3-5-9-17/h6-7,10-15,17H,2-5,8-9H2,1H3. The number of aryl methyl sites for hydroxylation is 1. The summed E-state index contributed by atoms with van der Waals surface area (Å²) >= 11 is 0. The van der Waals surface area contributed by atoms with Gasteiger partial charge in [-0.2, -0.15) is 0 Å². The van der Waals surface area contributed by atoms with Crippen LogP contribution in [0.4, 0.5) is 5.69 Å². The largest absolute Gasteiger partial charge is 0.328 e. The Morgan fingerprint density at radius 2 is 1.64 bits per heavy atom. The molecule has 0 amide bonds. The summed E-state index contributed by atoms with van der Waals surface area (Å²) in [6.07, 6.45) is 5.91. The van der Waals surface area contributed by atoms with Crippen LogP contribution in [0.5, 0.6) is 0 Å². The summed E-state index contributed by atoms with van der Waals surface area (Å²) in [4.78, 5) is 42.9. The van der Waals surface area contributed by atoms with E-state index in [1.54, 1.807) is 40.4 Å². The smallest absolute Gasteiger partial charge is 0.269 e. The quantitative estimate of drug-likeness (QED) is 0.197. The van der Waals surface area contributed by atoms with Crippen molar-refractivity contribution in [1.82, 2.24) is 14.1 Å². The lowest BCUT2D eigenvalue weighted by molar-refractivity contribution is -0.384. The first kappa shape index (κ1) is 21.1. The zero-order chi connectivity index (χ0) is 23.1. The summed E-state index contributed by atoms with van der Waals surface area (Å²) in [7, 11) is 1.80. The third-order valence-corrected chi connectivity index (χ3v) is 6.68. The van der Waals surface area contributed by atoms with E-state index in [0.717, 1.165) is 38.5 Å². The fourth-order valence-corrected chi connectivity index (χ4v) is 4.96. The minimum atomic E-state index is -0.453. The molecule has 1 saturated carbocycles. The molecule has 2 aromatic carbocycles. The van der Waals surface area contributed by atoms with E-state index in [4.69, 9.17) is 4.98 Å². The molecule has 4 aromatic rings. The number of pyridine rings is 1. The van der Waals surface area contributed by atoms with Crippen molar-refractivity contribution in [3.05, 3.63) is 79.2 Å². The highest BCUT2D eigenvalue weighted by molar-refractivity contribution is 5.91. The Bertz CT molecular complexity index is 1490. The third-order valence-electron chi connectivity index (χ3n) is 6.68. The van der Waals surface area contributed by atoms with Crippen molar-refractivity contribution >= 4 is 27.6 Å². The van der Waals surface area contributed by atoms with Gasteiger partial charge in [-0.15, -0.1) is 0 Å². The molecule has 0 saturated heterocycles. The molecule has 168 valence electrons. The second-order valence-corrected chi connectivity index (χ2v) is 8.66. The molecule has 5 rings (SSSR count). The molecule has 2 aromatic heterocycles. The number of hydrogen-bond acceptors (Lipinski definition) is 5. The van der Waals surface area contributed by atoms with Crippen LogP contribution in [0.2, 0.25) is 0 Å². The Balaban J connectivity index is 1.87. The van der Waals surface area contributed by atoms with Gasteiger partial charge in [0.15, 0.2) is 5.65 Å². The topological polar surface area (TPSA) is 100 Å². The van der Waals surface area contributed by atoms with E-state index >= 15 is 0 Å². The summed E-state index contributed by atoms with van der Waals surface area (Å²) in [5, 5.41) is 11.7. The van der Waals surface area contributed by atoms with Gasteiger partial charge in [0.05, 0.1) is 10.4 Å². The molecule has 1 aliphatic carbocycles. The Morgan fingerprint density at radius 1 is 0.970 bits per heavy atom. The summed E-state index contributed by atoms with van der Waals surface area (Å²) in [6.45, 7) is 0. The number of nitrogens with zero attached hydrogens (tertiary/aromatic N) is 4. The van der Waals surface area contributed by atoms with Crippen LogP contribution in [0.25, 0.3) is 33.3 Å². The van der Waals surface area contributed by atoms with Crippen LogP contribution in [-0.2, 0) is 7.05 Å². The van der Waals surface area contributed by atoms with Crippen LogP contribution >= 0.6 is 0 Å². The van der Waals surface area contributed by atoms with Gasteiger partial charge in [0, 0.05) is 36.2 Å². The van der Waals surface area contributed by atoms with Crippen molar-refractivity contribution < 1.29 is 4.92 Å². The molecular weight excluding hydrogens is 420 g/mol. The monoisotopic (exact) mass is 444 g/mol. The Kier molecular flexibility index (Phi) is 5.28. The highest BCUT2D eigenvalue weighted by atomic mass is 16.6. The highest BCUT2D eigenvalue weighted by Crippen LogP contribution is 2.31. The molecule has 1 fully saturated rings. The van der Waals surface area contributed by atoms with Gasteiger partial charge in [0.1, 0.15) is 11.2 Å². The average molecular weight is 444 g/mol. The van der Waals surface area contributed by atoms with Crippen molar-refractivity contribution in [1.29, 1.82) is 0 Å². The summed E-state index contributed by atoms with van der Waals surface area (Å²) in [5.74, 6) is 0.444. The van der Waals surface area contributed by atoms with Crippen LogP contribution in [0.3, 0.4) is 0 Å². The van der Waals surface area contributed by atoms with Crippen LogP contribution in [0.15, 0.2) is 58.1 Å². The predicted octanol–water partition coefficient (Wildman–Crippen LogP) is 4.72. The molecule has 8 heteroatoms. The Morgan fingerprint density at radius 3 is 2.30 bits per heavy atom. The zero-order valence-corrected chi connectivity index (χ0v) is 18.4. The normalized spacial score (nSPS) is 15.1. The Hall–Kier alpha value is -3.81. The van der Waals surface area contributed by atoms with Gasteiger partial charge < -0.3 is 4.57 Å². The minimum Gasteiger partial charge on any atom is -0.328 e. The maximum atomic E-state index is 13.9. The van der Waals surface area contributed by atoms with Crippen molar-refractivity contribution in [2.45, 2.75) is 44.6 Å². The van der Waals surface area contributed by atoms with Gasteiger partial charge in [-0.3, -0.25) is 24.3 Å². The number of nitro benzene ring substituents is 1. The van der Waals surface area contributed by atoms with Gasteiger partial charge in [-0.25, -0.2) is 4.98 Å². The van der Waals surface area contributed by atoms with Crippen molar-refractivity contribution in [2.24, 2.45) is 7.05 Å². The molecule has 0 aliphatic heterocycles. The lowest BCUT2D eigenvalue weighted by Crippen LogP contribution is -2.32. The van der Waals surface area contributed by atoms with Crippen molar-refractivity contribution in [3.63, 3.8) is 0 Å². The summed E-state index contributed by atoms with van der Waals surface area (Å²) in [5.41, 5.74) is 0.955. The van der Waals surface area contributed by atoms with Gasteiger partial charge in [0.25, 0.3) is 11.2 Å². The fourth-order valence-electron chi connectivity index (χ4n) is 4.96. The van der Waals surface area contributed by atoms with Crippen LogP contribution < -0.4 is 11.0 Å². The molecule has 2 heterocycles. The lowest BCUT2D eigenvalue weighted by Gasteiger charge is -2.23. The Labute approximate surface area is 189 Å².